The van der Waals surface area contributed by atoms with Crippen LogP contribution in [-0.2, 0) is 0 Å². The second kappa shape index (κ2) is 7.53. The third-order valence-corrected chi connectivity index (χ3v) is 6.09. The molecule has 0 saturated heterocycles. The lowest BCUT2D eigenvalue weighted by molar-refractivity contribution is -0.0189. The Morgan fingerprint density at radius 1 is 1.03 bits per heavy atom. The van der Waals surface area contributed by atoms with Crippen molar-refractivity contribution in [3.05, 3.63) is 93.0 Å². The number of hydrazone groups is 1. The predicted molar refractivity (Wildman–Crippen MR) is 120 cm³/mol. The third-order valence-electron chi connectivity index (χ3n) is 5.59. The highest BCUT2D eigenvalue weighted by Crippen LogP contribution is 2.50. The molecule has 0 unspecified atom stereocenters. The zero-order chi connectivity index (χ0) is 20.8. The Kier molecular flexibility index (Phi) is 4.84. The van der Waals surface area contributed by atoms with Crippen LogP contribution in [0.1, 0.15) is 40.9 Å². The minimum absolute atomic E-state index is 0.00615. The molecule has 0 saturated carbocycles. The van der Waals surface area contributed by atoms with E-state index in [4.69, 9.17) is 37.8 Å². The van der Waals surface area contributed by atoms with Crippen molar-refractivity contribution in [3.8, 4) is 11.5 Å². The van der Waals surface area contributed by atoms with Crippen LogP contribution in [0.5, 0.6) is 11.5 Å². The lowest BCUT2D eigenvalue weighted by Crippen LogP contribution is -2.33. The van der Waals surface area contributed by atoms with Gasteiger partial charge in [-0.15, -0.1) is 0 Å². The van der Waals surface area contributed by atoms with Crippen LogP contribution in [0.15, 0.2) is 65.8 Å². The summed E-state index contributed by atoms with van der Waals surface area (Å²) in [6.07, 6.45) is 0.374. The Morgan fingerprint density at radius 3 is 2.47 bits per heavy atom. The van der Waals surface area contributed by atoms with E-state index in [1.54, 1.807) is 13.2 Å². The first-order valence-corrected chi connectivity index (χ1v) is 10.5. The quantitative estimate of drug-likeness (QED) is 0.464. The van der Waals surface area contributed by atoms with Gasteiger partial charge in [0.25, 0.3) is 0 Å². The molecule has 0 aromatic heterocycles. The summed E-state index contributed by atoms with van der Waals surface area (Å²) in [6, 6.07) is 19.9. The second-order valence-electron chi connectivity index (χ2n) is 7.56. The van der Waals surface area contributed by atoms with Crippen LogP contribution in [0, 0.1) is 6.92 Å². The van der Waals surface area contributed by atoms with Gasteiger partial charge in [-0.2, -0.15) is 5.10 Å². The molecule has 152 valence electrons. The molecular weight excluding hydrogens is 419 g/mol. The first-order valence-electron chi connectivity index (χ1n) is 9.76. The van der Waals surface area contributed by atoms with E-state index < -0.39 is 0 Å². The van der Waals surface area contributed by atoms with Crippen LogP contribution in [0.3, 0.4) is 0 Å². The summed E-state index contributed by atoms with van der Waals surface area (Å²) < 4.78 is 11.7. The number of hydrogen-bond acceptors (Lipinski definition) is 4. The van der Waals surface area contributed by atoms with Gasteiger partial charge in [0.15, 0.2) is 0 Å². The molecule has 3 aromatic carbocycles. The third kappa shape index (κ3) is 3.30. The van der Waals surface area contributed by atoms with E-state index in [9.17, 15) is 0 Å². The first-order chi connectivity index (χ1) is 14.5. The molecule has 2 atom stereocenters. The molecule has 0 fully saturated rings. The Labute approximate surface area is 185 Å². The number of rotatable bonds is 3. The number of methoxy groups -OCH3 is 1. The molecule has 30 heavy (non-hydrogen) atoms. The predicted octanol–water partition coefficient (Wildman–Crippen LogP) is 6.55. The van der Waals surface area contributed by atoms with E-state index in [-0.39, 0.29) is 12.3 Å². The van der Waals surface area contributed by atoms with E-state index in [0.29, 0.717) is 15.8 Å². The maximum absolute atomic E-state index is 6.52. The molecule has 2 aliphatic heterocycles. The first kappa shape index (κ1) is 19.3. The maximum Gasteiger partial charge on any atom is 0.213 e. The van der Waals surface area contributed by atoms with Crippen LogP contribution in [0.25, 0.3) is 0 Å². The van der Waals surface area contributed by atoms with E-state index in [2.05, 4.69) is 31.2 Å². The van der Waals surface area contributed by atoms with Gasteiger partial charge >= 0.3 is 0 Å². The molecule has 3 aromatic rings. The zero-order valence-corrected chi connectivity index (χ0v) is 18.1. The fourth-order valence-electron chi connectivity index (χ4n) is 4.02. The van der Waals surface area contributed by atoms with Gasteiger partial charge in [0, 0.05) is 22.6 Å². The van der Waals surface area contributed by atoms with Crippen molar-refractivity contribution in [3.63, 3.8) is 0 Å². The molecule has 0 N–H and O–H groups in total. The van der Waals surface area contributed by atoms with Crippen molar-refractivity contribution >= 4 is 28.9 Å². The molecule has 4 nitrogen and oxygen atoms in total. The molecular formula is C24H20Cl2N2O2. The topological polar surface area (TPSA) is 34.1 Å². The largest absolute Gasteiger partial charge is 0.497 e. The van der Waals surface area contributed by atoms with Crippen molar-refractivity contribution in [2.24, 2.45) is 5.10 Å². The number of halogens is 2. The van der Waals surface area contributed by atoms with Crippen LogP contribution in [0.4, 0.5) is 0 Å². The molecule has 2 aliphatic rings. The smallest absolute Gasteiger partial charge is 0.213 e. The van der Waals surface area contributed by atoms with E-state index in [1.807, 2.05) is 35.3 Å². The summed E-state index contributed by atoms with van der Waals surface area (Å²) in [5.41, 5.74) is 5.24. The highest BCUT2D eigenvalue weighted by Gasteiger charge is 2.42. The molecule has 0 bridgehead atoms. The Bertz CT molecular complexity index is 1130. The average molecular weight is 439 g/mol. The summed E-state index contributed by atoms with van der Waals surface area (Å²) in [4.78, 5) is 0. The lowest BCUT2D eigenvalue weighted by atomic mass is 9.95. The number of hydrogen-bond donors (Lipinski definition) is 0. The maximum atomic E-state index is 6.52. The van der Waals surface area contributed by atoms with Crippen molar-refractivity contribution in [2.75, 3.05) is 7.11 Å². The Hall–Kier alpha value is -2.69. The lowest BCUT2D eigenvalue weighted by Gasteiger charge is -2.38. The van der Waals surface area contributed by atoms with Crippen molar-refractivity contribution in [1.82, 2.24) is 5.01 Å². The number of fused-ring (bicyclic) bond motifs is 3. The number of ether oxygens (including phenoxy) is 2. The molecule has 0 radical (unpaired) electrons. The van der Waals surface area contributed by atoms with E-state index in [0.717, 1.165) is 34.6 Å². The molecule has 0 spiro atoms. The average Bonchev–Trinajstić information content (AvgIpc) is 3.20. The molecule has 0 aliphatic carbocycles. The summed E-state index contributed by atoms with van der Waals surface area (Å²) in [7, 11) is 1.66. The van der Waals surface area contributed by atoms with Crippen LogP contribution >= 0.6 is 23.2 Å². The summed E-state index contributed by atoms with van der Waals surface area (Å²) in [5.74, 6) is 1.50. The fourth-order valence-corrected chi connectivity index (χ4v) is 4.58. The Balaban J connectivity index is 1.60. The van der Waals surface area contributed by atoms with Crippen LogP contribution < -0.4 is 9.47 Å². The molecule has 5 rings (SSSR count). The summed E-state index contributed by atoms with van der Waals surface area (Å²) >= 11 is 12.8. The molecule has 0 amide bonds. The van der Waals surface area contributed by atoms with Crippen molar-refractivity contribution in [1.29, 1.82) is 0 Å². The second-order valence-corrected chi connectivity index (χ2v) is 8.41. The minimum Gasteiger partial charge on any atom is -0.497 e. The van der Waals surface area contributed by atoms with Crippen LogP contribution in [-0.4, -0.2) is 17.8 Å². The normalized spacial score (nSPS) is 19.6. The Morgan fingerprint density at radius 2 is 1.77 bits per heavy atom. The summed E-state index contributed by atoms with van der Waals surface area (Å²) in [6.45, 7) is 2.07. The fraction of sp³-hybridized carbons (Fsp3) is 0.208. The monoisotopic (exact) mass is 438 g/mol. The zero-order valence-electron chi connectivity index (χ0n) is 16.6. The highest BCUT2D eigenvalue weighted by atomic mass is 35.5. The number of nitrogens with zero attached hydrogens (tertiary/aromatic N) is 2. The number of aryl methyl sites for hydroxylation is 1. The van der Waals surface area contributed by atoms with E-state index in [1.165, 1.54) is 5.56 Å². The van der Waals surface area contributed by atoms with Gasteiger partial charge < -0.3 is 9.47 Å². The van der Waals surface area contributed by atoms with Crippen molar-refractivity contribution < 1.29 is 9.47 Å². The van der Waals surface area contributed by atoms with Gasteiger partial charge in [0.2, 0.25) is 6.23 Å². The number of benzene rings is 3. The SMILES string of the molecule is COc1ccc(C2=NN3[C@H](C2)c2cc(Cl)cc(Cl)c2O[C@H]3c2ccc(C)cc2)cc1. The van der Waals surface area contributed by atoms with Gasteiger partial charge in [-0.05, 0) is 48.9 Å². The highest BCUT2D eigenvalue weighted by molar-refractivity contribution is 6.35. The molecule has 2 heterocycles. The van der Waals surface area contributed by atoms with Crippen LogP contribution in [0.2, 0.25) is 10.0 Å². The van der Waals surface area contributed by atoms with Gasteiger partial charge in [-0.3, -0.25) is 0 Å². The van der Waals surface area contributed by atoms with E-state index >= 15 is 0 Å². The van der Waals surface area contributed by atoms with Gasteiger partial charge in [0.1, 0.15) is 11.5 Å². The minimum atomic E-state index is -0.363. The van der Waals surface area contributed by atoms with Gasteiger partial charge in [-0.1, -0.05) is 53.0 Å². The van der Waals surface area contributed by atoms with Gasteiger partial charge in [0.05, 0.1) is 23.9 Å². The standard InChI is InChI=1S/C24H20Cl2N2O2/c1-14-3-5-16(6-4-14)24-28-22(19-11-17(25)12-20(26)23(19)30-24)13-21(27-28)15-7-9-18(29-2)10-8-15/h3-12,22,24H,13H2,1-2H3/t22-,24+/m1/s1. The summed E-state index contributed by atoms with van der Waals surface area (Å²) in [5, 5.41) is 8.11. The van der Waals surface area contributed by atoms with Gasteiger partial charge in [-0.25, -0.2) is 5.01 Å². The molecule has 6 heteroatoms. The van der Waals surface area contributed by atoms with Crippen molar-refractivity contribution in [2.45, 2.75) is 25.6 Å².